The predicted octanol–water partition coefficient (Wildman–Crippen LogP) is 5.19. The van der Waals surface area contributed by atoms with E-state index >= 15 is 0 Å². The van der Waals surface area contributed by atoms with E-state index in [1.807, 2.05) is 11.3 Å². The molecule has 1 aliphatic carbocycles. The molecule has 1 atom stereocenters. The SMILES string of the molecule is CCCNC(Cc1ccc(CC)s1)CC1CCCCC1. The van der Waals surface area contributed by atoms with Gasteiger partial charge in [0.2, 0.25) is 0 Å². The molecule has 2 heteroatoms. The van der Waals surface area contributed by atoms with E-state index in [9.17, 15) is 0 Å². The quantitative estimate of drug-likeness (QED) is 0.695. The Kier molecular flexibility index (Phi) is 7.09. The maximum atomic E-state index is 3.80. The Balaban J connectivity index is 1.87. The average molecular weight is 294 g/mol. The molecule has 1 aromatic heterocycles. The predicted molar refractivity (Wildman–Crippen MR) is 90.7 cm³/mol. The van der Waals surface area contributed by atoms with E-state index in [2.05, 4.69) is 31.3 Å². The van der Waals surface area contributed by atoms with E-state index in [1.54, 1.807) is 4.88 Å². The van der Waals surface area contributed by atoms with Crippen LogP contribution in [0.15, 0.2) is 12.1 Å². The van der Waals surface area contributed by atoms with E-state index in [0.717, 1.165) is 5.92 Å². The van der Waals surface area contributed by atoms with Gasteiger partial charge < -0.3 is 5.32 Å². The summed E-state index contributed by atoms with van der Waals surface area (Å²) >= 11 is 2.02. The lowest BCUT2D eigenvalue weighted by Crippen LogP contribution is -2.34. The Labute approximate surface area is 129 Å². The molecule has 1 aromatic rings. The number of hydrogen-bond acceptors (Lipinski definition) is 2. The highest BCUT2D eigenvalue weighted by atomic mass is 32.1. The summed E-state index contributed by atoms with van der Waals surface area (Å²) in [4.78, 5) is 3.11. The minimum absolute atomic E-state index is 0.696. The minimum Gasteiger partial charge on any atom is -0.314 e. The molecule has 0 spiro atoms. The molecule has 1 fully saturated rings. The van der Waals surface area contributed by atoms with Gasteiger partial charge >= 0.3 is 0 Å². The fraction of sp³-hybridized carbons (Fsp3) is 0.778. The lowest BCUT2D eigenvalue weighted by atomic mass is 9.84. The van der Waals surface area contributed by atoms with Crippen LogP contribution in [0.3, 0.4) is 0 Å². The Morgan fingerprint density at radius 1 is 1.15 bits per heavy atom. The summed E-state index contributed by atoms with van der Waals surface area (Å²) in [5.74, 6) is 0.976. The van der Waals surface area contributed by atoms with Crippen molar-refractivity contribution >= 4 is 11.3 Å². The van der Waals surface area contributed by atoms with Crippen LogP contribution >= 0.6 is 11.3 Å². The molecular formula is C18H31NS. The van der Waals surface area contributed by atoms with Crippen LogP contribution in [0.1, 0.15) is 68.5 Å². The molecule has 0 saturated heterocycles. The third-order valence-electron chi connectivity index (χ3n) is 4.54. The van der Waals surface area contributed by atoms with E-state index in [1.165, 1.54) is 69.2 Å². The lowest BCUT2D eigenvalue weighted by molar-refractivity contribution is 0.297. The van der Waals surface area contributed by atoms with Crippen molar-refractivity contribution in [1.82, 2.24) is 5.32 Å². The Morgan fingerprint density at radius 3 is 2.55 bits per heavy atom. The molecule has 0 aliphatic heterocycles. The van der Waals surface area contributed by atoms with Crippen molar-refractivity contribution in [2.24, 2.45) is 5.92 Å². The molecule has 1 nitrogen and oxygen atoms in total. The van der Waals surface area contributed by atoms with Gasteiger partial charge in [0.1, 0.15) is 0 Å². The first-order chi connectivity index (χ1) is 9.81. The van der Waals surface area contributed by atoms with Crippen LogP contribution in [0.4, 0.5) is 0 Å². The molecule has 114 valence electrons. The van der Waals surface area contributed by atoms with E-state index in [4.69, 9.17) is 0 Å². The van der Waals surface area contributed by atoms with Gasteiger partial charge in [0.25, 0.3) is 0 Å². The van der Waals surface area contributed by atoms with Gasteiger partial charge in [-0.15, -0.1) is 11.3 Å². The molecule has 1 heterocycles. The molecule has 20 heavy (non-hydrogen) atoms. The van der Waals surface area contributed by atoms with Gasteiger partial charge in [-0.25, -0.2) is 0 Å². The largest absolute Gasteiger partial charge is 0.314 e. The fourth-order valence-corrected chi connectivity index (χ4v) is 4.42. The molecule has 0 amide bonds. The van der Waals surface area contributed by atoms with Crippen molar-refractivity contribution in [2.75, 3.05) is 6.54 Å². The fourth-order valence-electron chi connectivity index (χ4n) is 3.38. The molecule has 1 N–H and O–H groups in total. The number of nitrogens with one attached hydrogen (secondary N) is 1. The molecule has 2 rings (SSSR count). The second kappa shape index (κ2) is 8.84. The Hall–Kier alpha value is -0.340. The average Bonchev–Trinajstić information content (AvgIpc) is 2.93. The molecular weight excluding hydrogens is 262 g/mol. The monoisotopic (exact) mass is 293 g/mol. The minimum atomic E-state index is 0.696. The highest BCUT2D eigenvalue weighted by Gasteiger charge is 2.19. The van der Waals surface area contributed by atoms with Crippen molar-refractivity contribution in [3.63, 3.8) is 0 Å². The lowest BCUT2D eigenvalue weighted by Gasteiger charge is -2.27. The second-order valence-corrected chi connectivity index (χ2v) is 7.57. The van der Waals surface area contributed by atoms with Gasteiger partial charge in [-0.1, -0.05) is 46.0 Å². The van der Waals surface area contributed by atoms with Crippen LogP contribution in [0.2, 0.25) is 0 Å². The van der Waals surface area contributed by atoms with Crippen LogP contribution in [0.25, 0.3) is 0 Å². The first-order valence-electron chi connectivity index (χ1n) is 8.62. The summed E-state index contributed by atoms with van der Waals surface area (Å²) in [5, 5.41) is 3.80. The van der Waals surface area contributed by atoms with Crippen LogP contribution in [0.5, 0.6) is 0 Å². The number of hydrogen-bond donors (Lipinski definition) is 1. The van der Waals surface area contributed by atoms with Gasteiger partial charge in [0, 0.05) is 15.8 Å². The second-order valence-electron chi connectivity index (χ2n) is 6.32. The summed E-state index contributed by atoms with van der Waals surface area (Å²) in [7, 11) is 0. The molecule has 1 saturated carbocycles. The summed E-state index contributed by atoms with van der Waals surface area (Å²) in [6.45, 7) is 5.69. The number of thiophene rings is 1. The van der Waals surface area contributed by atoms with Crippen LogP contribution in [-0.4, -0.2) is 12.6 Å². The van der Waals surface area contributed by atoms with E-state index in [0.29, 0.717) is 6.04 Å². The van der Waals surface area contributed by atoms with Gasteiger partial charge in [0.05, 0.1) is 0 Å². The van der Waals surface area contributed by atoms with E-state index in [-0.39, 0.29) is 0 Å². The highest BCUT2D eigenvalue weighted by Crippen LogP contribution is 2.29. The zero-order valence-electron chi connectivity index (χ0n) is 13.3. The van der Waals surface area contributed by atoms with Gasteiger partial charge in [-0.05, 0) is 50.3 Å². The van der Waals surface area contributed by atoms with Crippen molar-refractivity contribution in [3.8, 4) is 0 Å². The smallest absolute Gasteiger partial charge is 0.0118 e. The van der Waals surface area contributed by atoms with Crippen molar-refractivity contribution in [2.45, 2.75) is 77.7 Å². The molecule has 1 unspecified atom stereocenters. The topological polar surface area (TPSA) is 12.0 Å². The first kappa shape index (κ1) is 16.0. The highest BCUT2D eigenvalue weighted by molar-refractivity contribution is 7.11. The number of rotatable bonds is 8. The van der Waals surface area contributed by atoms with Crippen LogP contribution in [0, 0.1) is 5.92 Å². The van der Waals surface area contributed by atoms with E-state index < -0.39 is 0 Å². The maximum Gasteiger partial charge on any atom is 0.0118 e. The Bertz CT molecular complexity index is 365. The molecule has 1 aliphatic rings. The first-order valence-corrected chi connectivity index (χ1v) is 9.44. The van der Waals surface area contributed by atoms with Gasteiger partial charge in [-0.2, -0.15) is 0 Å². The standard InChI is InChI=1S/C18H31NS/c1-3-12-19-16(13-15-8-6-5-7-9-15)14-18-11-10-17(4-2)20-18/h10-11,15-16,19H,3-9,12-14H2,1-2H3. The zero-order valence-corrected chi connectivity index (χ0v) is 14.1. The summed E-state index contributed by atoms with van der Waals surface area (Å²) in [5.41, 5.74) is 0. The Morgan fingerprint density at radius 2 is 1.90 bits per heavy atom. The zero-order chi connectivity index (χ0) is 14.2. The number of aryl methyl sites for hydroxylation is 1. The van der Waals surface area contributed by atoms with Crippen LogP contribution < -0.4 is 5.32 Å². The summed E-state index contributed by atoms with van der Waals surface area (Å²) in [6.07, 6.45) is 12.4. The van der Waals surface area contributed by atoms with Crippen molar-refractivity contribution in [3.05, 3.63) is 21.9 Å². The summed E-state index contributed by atoms with van der Waals surface area (Å²) in [6, 6.07) is 5.36. The molecule has 0 aromatic carbocycles. The molecule has 0 radical (unpaired) electrons. The summed E-state index contributed by atoms with van der Waals surface area (Å²) < 4.78 is 0. The van der Waals surface area contributed by atoms with Gasteiger partial charge in [-0.3, -0.25) is 0 Å². The molecule has 0 bridgehead atoms. The third kappa shape index (κ3) is 5.21. The van der Waals surface area contributed by atoms with Crippen molar-refractivity contribution in [1.29, 1.82) is 0 Å². The maximum absolute atomic E-state index is 3.80. The van der Waals surface area contributed by atoms with Crippen molar-refractivity contribution < 1.29 is 0 Å². The van der Waals surface area contributed by atoms with Crippen LogP contribution in [-0.2, 0) is 12.8 Å². The normalized spacial score (nSPS) is 18.3. The van der Waals surface area contributed by atoms with Gasteiger partial charge in [0.15, 0.2) is 0 Å². The third-order valence-corrected chi connectivity index (χ3v) is 5.79.